The Bertz CT molecular complexity index is 545. The Morgan fingerprint density at radius 2 is 1.85 bits per heavy atom. The highest BCUT2D eigenvalue weighted by Gasteiger charge is 2.07. The smallest absolute Gasteiger partial charge is 0.129 e. The van der Waals surface area contributed by atoms with Crippen LogP contribution in [0.2, 0.25) is 5.02 Å². The summed E-state index contributed by atoms with van der Waals surface area (Å²) in [7, 11) is 0. The molecule has 0 aliphatic rings. The van der Waals surface area contributed by atoms with Crippen LogP contribution >= 0.6 is 11.6 Å². The van der Waals surface area contributed by atoms with Crippen molar-refractivity contribution in [3.05, 3.63) is 64.4 Å². The largest absolute Gasteiger partial charge is 0.381 e. The number of nitrogens with one attached hydrogen (secondary N) is 1. The second-order valence-corrected chi connectivity index (χ2v) is 5.39. The first-order chi connectivity index (χ1) is 9.61. The fourth-order valence-electron chi connectivity index (χ4n) is 2.06. The molecule has 0 saturated heterocycles. The maximum Gasteiger partial charge on any atom is 0.129 e. The minimum Gasteiger partial charge on any atom is -0.381 e. The molecule has 0 saturated carbocycles. The van der Waals surface area contributed by atoms with Crippen LogP contribution in [0.15, 0.2) is 42.5 Å². The molecule has 0 amide bonds. The number of rotatable bonds is 5. The molecule has 2 aromatic carbocycles. The second-order valence-electron chi connectivity index (χ2n) is 4.99. The molecule has 20 heavy (non-hydrogen) atoms. The van der Waals surface area contributed by atoms with E-state index in [1.54, 1.807) is 12.1 Å². The summed E-state index contributed by atoms with van der Waals surface area (Å²) in [6, 6.07) is 13.0. The summed E-state index contributed by atoms with van der Waals surface area (Å²) in [5.74, 6) is 0.284. The van der Waals surface area contributed by atoms with Crippen LogP contribution in [0, 0.1) is 5.82 Å². The third-order valence-corrected chi connectivity index (χ3v) is 3.98. The van der Waals surface area contributed by atoms with Gasteiger partial charge >= 0.3 is 0 Å². The van der Waals surface area contributed by atoms with E-state index in [0.29, 0.717) is 23.0 Å². The molecule has 0 radical (unpaired) electrons. The molecule has 0 heterocycles. The summed E-state index contributed by atoms with van der Waals surface area (Å²) < 4.78 is 13.6. The molecule has 0 fully saturated rings. The molecule has 0 aliphatic heterocycles. The minimum atomic E-state index is -0.277. The topological polar surface area (TPSA) is 12.0 Å². The molecular weight excluding hydrogens is 273 g/mol. The number of benzene rings is 2. The van der Waals surface area contributed by atoms with Crippen molar-refractivity contribution in [3.63, 3.8) is 0 Å². The molecule has 1 N–H and O–H groups in total. The minimum absolute atomic E-state index is 0.277. The molecule has 0 aromatic heterocycles. The highest BCUT2D eigenvalue weighted by atomic mass is 35.5. The van der Waals surface area contributed by atoms with Gasteiger partial charge in [-0.1, -0.05) is 43.6 Å². The summed E-state index contributed by atoms with van der Waals surface area (Å²) >= 11 is 6.00. The van der Waals surface area contributed by atoms with Crippen LogP contribution in [0.4, 0.5) is 10.1 Å². The van der Waals surface area contributed by atoms with E-state index in [9.17, 15) is 4.39 Å². The molecular formula is C17H19ClFN. The SMILES string of the molecule is CCC(C)c1ccc(NCc2c(F)cccc2Cl)cc1. The standard InChI is InChI=1S/C17H19ClFN/c1-3-12(2)13-7-9-14(10-8-13)20-11-15-16(18)5-4-6-17(15)19/h4-10,12,20H,3,11H2,1-2H3. The predicted octanol–water partition coefficient (Wildman–Crippen LogP) is 5.60. The molecule has 1 nitrogen and oxygen atoms in total. The lowest BCUT2D eigenvalue weighted by Crippen LogP contribution is -2.03. The van der Waals surface area contributed by atoms with E-state index in [-0.39, 0.29) is 5.82 Å². The van der Waals surface area contributed by atoms with Crippen LogP contribution in [-0.2, 0) is 6.54 Å². The second kappa shape index (κ2) is 6.76. The average Bonchev–Trinajstić information content (AvgIpc) is 2.46. The van der Waals surface area contributed by atoms with Gasteiger partial charge in [0.05, 0.1) is 0 Å². The average molecular weight is 292 g/mol. The van der Waals surface area contributed by atoms with Crippen molar-refractivity contribution >= 4 is 17.3 Å². The Labute approximate surface area is 124 Å². The van der Waals surface area contributed by atoms with Crippen molar-refractivity contribution in [1.82, 2.24) is 0 Å². The Kier molecular flexibility index (Phi) is 5.02. The van der Waals surface area contributed by atoms with Crippen LogP contribution in [0.1, 0.15) is 37.3 Å². The number of anilines is 1. The van der Waals surface area contributed by atoms with Crippen molar-refractivity contribution in [1.29, 1.82) is 0 Å². The predicted molar refractivity (Wildman–Crippen MR) is 83.9 cm³/mol. The van der Waals surface area contributed by atoms with E-state index in [2.05, 4.69) is 31.3 Å². The number of hydrogen-bond acceptors (Lipinski definition) is 1. The zero-order chi connectivity index (χ0) is 14.5. The molecule has 1 unspecified atom stereocenters. The number of hydrogen-bond donors (Lipinski definition) is 1. The van der Waals surface area contributed by atoms with Gasteiger partial charge in [-0.3, -0.25) is 0 Å². The van der Waals surface area contributed by atoms with Crippen LogP contribution in [0.25, 0.3) is 0 Å². The summed E-state index contributed by atoms with van der Waals surface area (Å²) in [5, 5.41) is 3.65. The van der Waals surface area contributed by atoms with Gasteiger partial charge < -0.3 is 5.32 Å². The lowest BCUT2D eigenvalue weighted by atomic mass is 9.98. The summed E-state index contributed by atoms with van der Waals surface area (Å²) in [5.41, 5.74) is 2.79. The van der Waals surface area contributed by atoms with Crippen LogP contribution in [0.5, 0.6) is 0 Å². The van der Waals surface area contributed by atoms with Crippen LogP contribution in [-0.4, -0.2) is 0 Å². The Hall–Kier alpha value is -1.54. The zero-order valence-electron chi connectivity index (χ0n) is 11.8. The lowest BCUT2D eigenvalue weighted by Gasteiger charge is -2.12. The molecule has 106 valence electrons. The highest BCUT2D eigenvalue weighted by molar-refractivity contribution is 6.31. The fourth-order valence-corrected chi connectivity index (χ4v) is 2.29. The van der Waals surface area contributed by atoms with Crippen molar-refractivity contribution < 1.29 is 4.39 Å². The molecule has 0 spiro atoms. The maximum absolute atomic E-state index is 13.6. The molecule has 2 rings (SSSR count). The highest BCUT2D eigenvalue weighted by Crippen LogP contribution is 2.23. The summed E-state index contributed by atoms with van der Waals surface area (Å²) in [6.07, 6.45) is 1.12. The van der Waals surface area contributed by atoms with Crippen LogP contribution in [0.3, 0.4) is 0 Å². The first-order valence-electron chi connectivity index (χ1n) is 6.88. The van der Waals surface area contributed by atoms with E-state index in [1.807, 2.05) is 12.1 Å². The van der Waals surface area contributed by atoms with Gasteiger partial charge in [-0.2, -0.15) is 0 Å². The van der Waals surface area contributed by atoms with Gasteiger partial charge in [-0.05, 0) is 42.2 Å². The maximum atomic E-state index is 13.6. The van der Waals surface area contributed by atoms with Gasteiger partial charge in [0.15, 0.2) is 0 Å². The fraction of sp³-hybridized carbons (Fsp3) is 0.294. The quantitative estimate of drug-likeness (QED) is 0.755. The van der Waals surface area contributed by atoms with E-state index in [4.69, 9.17) is 11.6 Å². The first-order valence-corrected chi connectivity index (χ1v) is 7.26. The molecule has 1 atom stereocenters. The van der Waals surface area contributed by atoms with Gasteiger partial charge in [0.25, 0.3) is 0 Å². The summed E-state index contributed by atoms with van der Waals surface area (Å²) in [4.78, 5) is 0. The van der Waals surface area contributed by atoms with E-state index >= 15 is 0 Å². The van der Waals surface area contributed by atoms with Gasteiger partial charge in [-0.15, -0.1) is 0 Å². The number of halogens is 2. The normalized spacial score (nSPS) is 12.2. The van der Waals surface area contributed by atoms with Crippen LogP contribution < -0.4 is 5.32 Å². The molecule has 3 heteroatoms. The van der Waals surface area contributed by atoms with Gasteiger partial charge in [0.2, 0.25) is 0 Å². The van der Waals surface area contributed by atoms with Crippen molar-refractivity contribution in [3.8, 4) is 0 Å². The Morgan fingerprint density at radius 3 is 2.45 bits per heavy atom. The van der Waals surface area contributed by atoms with Crippen molar-refractivity contribution in [2.24, 2.45) is 0 Å². The van der Waals surface area contributed by atoms with Gasteiger partial charge in [-0.25, -0.2) is 4.39 Å². The van der Waals surface area contributed by atoms with Crippen molar-refractivity contribution in [2.45, 2.75) is 32.7 Å². The Balaban J connectivity index is 2.04. The summed E-state index contributed by atoms with van der Waals surface area (Å²) in [6.45, 7) is 4.77. The van der Waals surface area contributed by atoms with Crippen molar-refractivity contribution in [2.75, 3.05) is 5.32 Å². The monoisotopic (exact) mass is 291 g/mol. The van der Waals surface area contributed by atoms with Gasteiger partial charge in [0, 0.05) is 22.8 Å². The van der Waals surface area contributed by atoms with E-state index in [1.165, 1.54) is 11.6 Å². The first kappa shape index (κ1) is 14.9. The Morgan fingerprint density at radius 1 is 1.15 bits per heavy atom. The van der Waals surface area contributed by atoms with Gasteiger partial charge in [0.1, 0.15) is 5.82 Å². The third kappa shape index (κ3) is 3.51. The zero-order valence-corrected chi connectivity index (χ0v) is 12.5. The molecule has 0 aliphatic carbocycles. The van der Waals surface area contributed by atoms with E-state index in [0.717, 1.165) is 12.1 Å². The molecule has 2 aromatic rings. The van der Waals surface area contributed by atoms with E-state index < -0.39 is 0 Å². The lowest BCUT2D eigenvalue weighted by molar-refractivity contribution is 0.613. The molecule has 0 bridgehead atoms. The third-order valence-electron chi connectivity index (χ3n) is 3.62.